The van der Waals surface area contributed by atoms with Crippen molar-refractivity contribution >= 4 is 43.5 Å². The van der Waals surface area contributed by atoms with Crippen LogP contribution in [0.2, 0.25) is 0 Å². The number of carbonyl (C=O) groups is 2. The molecule has 1 heterocycles. The lowest BCUT2D eigenvalue weighted by Crippen LogP contribution is -2.48. The Labute approximate surface area is 194 Å². The van der Waals surface area contributed by atoms with E-state index in [0.717, 1.165) is 4.31 Å². The minimum Gasteiger partial charge on any atom is -0.480 e. The summed E-state index contributed by atoms with van der Waals surface area (Å²) in [6.07, 6.45) is 0. The minimum atomic E-state index is -4.12. The predicted octanol–water partition coefficient (Wildman–Crippen LogP) is 3.12. The maximum Gasteiger partial charge on any atom is 0.323 e. The molecule has 0 saturated heterocycles. The summed E-state index contributed by atoms with van der Waals surface area (Å²) >= 11 is 3.17. The molecular formula is C21H23BrFN3O5S. The molecule has 0 spiro atoms. The van der Waals surface area contributed by atoms with Gasteiger partial charge in [0, 0.05) is 35.2 Å². The van der Waals surface area contributed by atoms with E-state index in [2.05, 4.69) is 15.9 Å². The van der Waals surface area contributed by atoms with Gasteiger partial charge in [0.05, 0.1) is 12.4 Å². The third-order valence-corrected chi connectivity index (χ3v) is 7.53. The van der Waals surface area contributed by atoms with E-state index in [1.807, 2.05) is 13.8 Å². The van der Waals surface area contributed by atoms with Crippen molar-refractivity contribution in [2.24, 2.45) is 0 Å². The van der Waals surface area contributed by atoms with E-state index < -0.39 is 28.4 Å². The van der Waals surface area contributed by atoms with E-state index in [4.69, 9.17) is 0 Å². The summed E-state index contributed by atoms with van der Waals surface area (Å²) in [6, 6.07) is 8.50. The summed E-state index contributed by atoms with van der Waals surface area (Å²) < 4.78 is 42.7. The molecule has 0 bridgehead atoms. The highest BCUT2D eigenvalue weighted by Crippen LogP contribution is 2.35. The molecule has 11 heteroatoms. The first-order valence-corrected chi connectivity index (χ1v) is 12.2. The number of amides is 1. The predicted molar refractivity (Wildman–Crippen MR) is 120 cm³/mol. The molecule has 8 nitrogen and oxygen atoms in total. The van der Waals surface area contributed by atoms with Crippen LogP contribution in [-0.2, 0) is 21.4 Å². The fourth-order valence-electron chi connectivity index (χ4n) is 3.56. The highest BCUT2D eigenvalue weighted by Gasteiger charge is 2.37. The van der Waals surface area contributed by atoms with Crippen LogP contribution < -0.4 is 4.90 Å². The van der Waals surface area contributed by atoms with Crippen molar-refractivity contribution < 1.29 is 27.5 Å². The van der Waals surface area contributed by atoms with Crippen molar-refractivity contribution in [3.05, 3.63) is 57.8 Å². The summed E-state index contributed by atoms with van der Waals surface area (Å²) in [4.78, 5) is 26.9. The van der Waals surface area contributed by atoms with Crippen molar-refractivity contribution in [3.63, 3.8) is 0 Å². The maximum absolute atomic E-state index is 14.4. The molecule has 0 aromatic heterocycles. The topological polar surface area (TPSA) is 98.2 Å². The second-order valence-electron chi connectivity index (χ2n) is 7.24. The van der Waals surface area contributed by atoms with Gasteiger partial charge in [0.25, 0.3) is 5.91 Å². The monoisotopic (exact) mass is 527 g/mol. The maximum atomic E-state index is 14.4. The lowest BCUT2D eigenvalue weighted by Gasteiger charge is -2.37. The Morgan fingerprint density at radius 1 is 1.16 bits per heavy atom. The number of hydrogen-bond donors (Lipinski definition) is 1. The molecule has 0 saturated carbocycles. The molecule has 0 atom stereocenters. The molecule has 0 unspecified atom stereocenters. The van der Waals surface area contributed by atoms with Gasteiger partial charge in [-0.2, -0.15) is 4.31 Å². The van der Waals surface area contributed by atoms with E-state index in [0.29, 0.717) is 17.6 Å². The quantitative estimate of drug-likeness (QED) is 0.593. The Kier molecular flexibility index (Phi) is 7.21. The van der Waals surface area contributed by atoms with E-state index >= 15 is 0 Å². The molecule has 0 radical (unpaired) electrons. The number of halogens is 2. The third-order valence-electron chi connectivity index (χ3n) is 5.23. The van der Waals surface area contributed by atoms with E-state index in [1.165, 1.54) is 35.2 Å². The summed E-state index contributed by atoms with van der Waals surface area (Å²) in [5.41, 5.74) is 0.518. The van der Waals surface area contributed by atoms with Crippen LogP contribution in [-0.4, -0.2) is 60.9 Å². The number of sulfonamides is 1. The Hall–Kier alpha value is -2.50. The lowest BCUT2D eigenvalue weighted by molar-refractivity contribution is -0.135. The lowest BCUT2D eigenvalue weighted by atomic mass is 10.1. The molecule has 3 rings (SSSR count). The van der Waals surface area contributed by atoms with Crippen LogP contribution in [0.15, 0.2) is 45.8 Å². The van der Waals surface area contributed by atoms with Gasteiger partial charge in [0.1, 0.15) is 17.3 Å². The standard InChI is InChI=1S/C21H23BrFN3O5S/c1-3-24(4-2)21(29)14-6-8-18-19(9-14)32(30,31)26(13-25(18)12-20(27)28)11-15-5-7-16(22)10-17(15)23/h5-10H,3-4,11-13H2,1-2H3,(H,27,28). The molecule has 1 amide bonds. The molecule has 1 aliphatic heterocycles. The van der Waals surface area contributed by atoms with Gasteiger partial charge in [-0.3, -0.25) is 9.59 Å². The highest BCUT2D eigenvalue weighted by atomic mass is 79.9. The molecule has 172 valence electrons. The summed E-state index contributed by atoms with van der Waals surface area (Å²) in [7, 11) is -4.12. The van der Waals surface area contributed by atoms with Gasteiger partial charge in [-0.1, -0.05) is 22.0 Å². The van der Waals surface area contributed by atoms with Crippen LogP contribution in [0.5, 0.6) is 0 Å². The zero-order chi connectivity index (χ0) is 23.6. The van der Waals surface area contributed by atoms with Crippen LogP contribution in [0.3, 0.4) is 0 Å². The van der Waals surface area contributed by atoms with E-state index in [1.54, 1.807) is 11.0 Å². The number of carboxylic acids is 1. The smallest absolute Gasteiger partial charge is 0.323 e. The van der Waals surface area contributed by atoms with Crippen molar-refractivity contribution in [2.45, 2.75) is 25.3 Å². The fourth-order valence-corrected chi connectivity index (χ4v) is 5.51. The second kappa shape index (κ2) is 9.55. The van der Waals surface area contributed by atoms with Gasteiger partial charge in [-0.25, -0.2) is 12.8 Å². The summed E-state index contributed by atoms with van der Waals surface area (Å²) in [6.45, 7) is 3.55. The third kappa shape index (κ3) is 4.79. The van der Waals surface area contributed by atoms with Gasteiger partial charge in [0.15, 0.2) is 0 Å². The molecular weight excluding hydrogens is 505 g/mol. The molecule has 0 aliphatic carbocycles. The molecule has 2 aromatic rings. The van der Waals surface area contributed by atoms with Gasteiger partial charge >= 0.3 is 5.97 Å². The van der Waals surface area contributed by atoms with E-state index in [-0.39, 0.29) is 40.8 Å². The van der Waals surface area contributed by atoms with Gasteiger partial charge in [-0.15, -0.1) is 0 Å². The Morgan fingerprint density at radius 2 is 1.84 bits per heavy atom. The average molecular weight is 528 g/mol. The van der Waals surface area contributed by atoms with Crippen LogP contribution in [0.4, 0.5) is 10.1 Å². The van der Waals surface area contributed by atoms with Crippen molar-refractivity contribution in [1.82, 2.24) is 9.21 Å². The highest BCUT2D eigenvalue weighted by molar-refractivity contribution is 9.10. The largest absolute Gasteiger partial charge is 0.480 e. The zero-order valence-electron chi connectivity index (χ0n) is 17.6. The Morgan fingerprint density at radius 3 is 2.44 bits per heavy atom. The molecule has 1 aliphatic rings. The number of benzene rings is 2. The number of nitrogens with zero attached hydrogens (tertiary/aromatic N) is 3. The Balaban J connectivity index is 2.07. The minimum absolute atomic E-state index is 0.144. The number of carbonyl (C=O) groups excluding carboxylic acids is 1. The number of fused-ring (bicyclic) bond motifs is 1. The number of aliphatic carboxylic acids is 1. The molecule has 0 fully saturated rings. The number of rotatable bonds is 7. The molecule has 2 aromatic carbocycles. The van der Waals surface area contributed by atoms with Crippen molar-refractivity contribution in [3.8, 4) is 0 Å². The normalized spacial score (nSPS) is 15.3. The summed E-state index contributed by atoms with van der Waals surface area (Å²) in [5, 5.41) is 9.32. The van der Waals surface area contributed by atoms with Crippen LogP contribution in [0, 0.1) is 5.82 Å². The van der Waals surface area contributed by atoms with Crippen LogP contribution >= 0.6 is 15.9 Å². The SMILES string of the molecule is CCN(CC)C(=O)c1ccc2c(c1)S(=O)(=O)N(Cc1ccc(Br)cc1F)CN2CC(=O)O. The van der Waals surface area contributed by atoms with Crippen molar-refractivity contribution in [1.29, 1.82) is 0 Å². The number of carboxylic acid groups (broad SMARTS) is 1. The average Bonchev–Trinajstić information content (AvgIpc) is 2.73. The molecule has 1 N–H and O–H groups in total. The number of anilines is 1. The molecule has 32 heavy (non-hydrogen) atoms. The van der Waals surface area contributed by atoms with Gasteiger partial charge < -0.3 is 14.9 Å². The first-order chi connectivity index (χ1) is 15.1. The van der Waals surface area contributed by atoms with Crippen LogP contribution in [0.25, 0.3) is 0 Å². The van der Waals surface area contributed by atoms with E-state index in [9.17, 15) is 27.5 Å². The first kappa shape index (κ1) is 24.1. The zero-order valence-corrected chi connectivity index (χ0v) is 20.0. The van der Waals surface area contributed by atoms with Crippen molar-refractivity contribution in [2.75, 3.05) is 31.2 Å². The first-order valence-electron chi connectivity index (χ1n) is 9.92. The van der Waals surface area contributed by atoms with Gasteiger partial charge in [0.2, 0.25) is 10.0 Å². The fraction of sp³-hybridized carbons (Fsp3) is 0.333. The number of hydrogen-bond acceptors (Lipinski definition) is 5. The van der Waals surface area contributed by atoms with Crippen LogP contribution in [0.1, 0.15) is 29.8 Å². The summed E-state index contributed by atoms with van der Waals surface area (Å²) in [5.74, 6) is -2.06. The van der Waals surface area contributed by atoms with Gasteiger partial charge in [-0.05, 0) is 44.2 Å². The Bertz CT molecular complexity index is 1150. The second-order valence-corrected chi connectivity index (χ2v) is 10.1.